The first-order valence-corrected chi connectivity index (χ1v) is 12.0. The van der Waals surface area contributed by atoms with Gasteiger partial charge in [0.15, 0.2) is 17.2 Å². The van der Waals surface area contributed by atoms with E-state index in [1.807, 2.05) is 31.3 Å². The molecule has 10 heteroatoms. The lowest BCUT2D eigenvalue weighted by Crippen LogP contribution is -2.20. The van der Waals surface area contributed by atoms with Crippen LogP contribution in [0.2, 0.25) is 5.15 Å². The summed E-state index contributed by atoms with van der Waals surface area (Å²) in [5.74, 6) is 2.72. The van der Waals surface area contributed by atoms with E-state index in [2.05, 4.69) is 25.0 Å². The van der Waals surface area contributed by atoms with Crippen LogP contribution in [0.3, 0.4) is 0 Å². The summed E-state index contributed by atoms with van der Waals surface area (Å²) >= 11 is 6.52. The molecule has 1 aliphatic heterocycles. The standard InChI is InChI=1S/C24H26ClN7O2/c1-31-13-26-22(30-31)15-6-5-7-16(21(15)33-2)27-17-12-18(25)28-24-20(17)29-23(14-9-10-14)32(24)19-8-3-4-11-34-19/h5-7,12-14,19H,3-4,8-11H2,1-2H3,(H,27,28). The van der Waals surface area contributed by atoms with Crippen molar-refractivity contribution in [3.63, 3.8) is 0 Å². The first-order valence-electron chi connectivity index (χ1n) is 11.6. The average molecular weight is 480 g/mol. The molecule has 1 saturated carbocycles. The van der Waals surface area contributed by atoms with E-state index in [4.69, 9.17) is 26.1 Å². The van der Waals surface area contributed by atoms with Crippen molar-refractivity contribution in [1.29, 1.82) is 0 Å². The third-order valence-corrected chi connectivity index (χ3v) is 6.55. The average Bonchev–Trinajstić information content (AvgIpc) is 3.49. The van der Waals surface area contributed by atoms with E-state index in [0.717, 1.165) is 72.6 Å². The summed E-state index contributed by atoms with van der Waals surface area (Å²) in [6.45, 7) is 0.756. The molecule has 4 aromatic rings. The Morgan fingerprint density at radius 1 is 1.15 bits per heavy atom. The highest BCUT2D eigenvalue weighted by molar-refractivity contribution is 6.30. The van der Waals surface area contributed by atoms with Gasteiger partial charge < -0.3 is 14.8 Å². The van der Waals surface area contributed by atoms with Gasteiger partial charge in [0, 0.05) is 25.6 Å². The number of imidazole rings is 1. The molecule has 34 heavy (non-hydrogen) atoms. The molecule has 0 radical (unpaired) electrons. The number of rotatable bonds is 6. The van der Waals surface area contributed by atoms with Gasteiger partial charge in [-0.1, -0.05) is 17.7 Å². The summed E-state index contributed by atoms with van der Waals surface area (Å²) in [5.41, 5.74) is 3.88. The number of hydrogen-bond donors (Lipinski definition) is 1. The van der Waals surface area contributed by atoms with E-state index >= 15 is 0 Å². The Balaban J connectivity index is 1.46. The number of nitrogens with zero attached hydrogens (tertiary/aromatic N) is 6. The first-order chi connectivity index (χ1) is 16.6. The van der Waals surface area contributed by atoms with Crippen molar-refractivity contribution in [1.82, 2.24) is 29.3 Å². The van der Waals surface area contributed by atoms with Gasteiger partial charge >= 0.3 is 0 Å². The van der Waals surface area contributed by atoms with Gasteiger partial charge in [0.25, 0.3) is 0 Å². The first kappa shape index (κ1) is 21.4. The van der Waals surface area contributed by atoms with Crippen LogP contribution < -0.4 is 10.1 Å². The van der Waals surface area contributed by atoms with E-state index in [1.54, 1.807) is 18.1 Å². The summed E-state index contributed by atoms with van der Waals surface area (Å²) in [6.07, 6.45) is 7.06. The molecule has 0 spiro atoms. The molecule has 1 atom stereocenters. The van der Waals surface area contributed by atoms with Crippen molar-refractivity contribution in [3.8, 4) is 17.1 Å². The number of methoxy groups -OCH3 is 1. The summed E-state index contributed by atoms with van der Waals surface area (Å²) in [6, 6.07) is 7.65. The maximum absolute atomic E-state index is 6.52. The highest BCUT2D eigenvalue weighted by Crippen LogP contribution is 2.45. The van der Waals surface area contributed by atoms with Crippen LogP contribution in [0.15, 0.2) is 30.6 Å². The molecular weight excluding hydrogens is 454 g/mol. The molecule has 0 bridgehead atoms. The fourth-order valence-corrected chi connectivity index (χ4v) is 4.81. The molecule has 176 valence electrons. The number of hydrogen-bond acceptors (Lipinski definition) is 7. The zero-order chi connectivity index (χ0) is 23.2. The molecule has 1 aliphatic carbocycles. The Morgan fingerprint density at radius 3 is 2.74 bits per heavy atom. The van der Waals surface area contributed by atoms with Crippen molar-refractivity contribution in [2.45, 2.75) is 44.2 Å². The topological polar surface area (TPSA) is 91.9 Å². The molecule has 9 nitrogen and oxygen atoms in total. The van der Waals surface area contributed by atoms with Crippen LogP contribution in [0.25, 0.3) is 22.6 Å². The second-order valence-electron chi connectivity index (χ2n) is 8.85. The lowest BCUT2D eigenvalue weighted by molar-refractivity contribution is -0.0313. The van der Waals surface area contributed by atoms with Gasteiger partial charge in [0.05, 0.1) is 24.0 Å². The van der Waals surface area contributed by atoms with Crippen LogP contribution in [-0.4, -0.2) is 43.0 Å². The van der Waals surface area contributed by atoms with Crippen molar-refractivity contribution in [3.05, 3.63) is 41.6 Å². The lowest BCUT2D eigenvalue weighted by Gasteiger charge is -2.25. The quantitative estimate of drug-likeness (QED) is 0.379. The zero-order valence-corrected chi connectivity index (χ0v) is 19.9. The van der Waals surface area contributed by atoms with Gasteiger partial charge in [-0.25, -0.2) is 15.0 Å². The minimum atomic E-state index is -0.0544. The highest BCUT2D eigenvalue weighted by Gasteiger charge is 2.34. The number of aromatic nitrogens is 6. The van der Waals surface area contributed by atoms with E-state index in [0.29, 0.717) is 22.6 Å². The van der Waals surface area contributed by atoms with Gasteiger partial charge in [-0.3, -0.25) is 9.25 Å². The molecule has 1 aromatic carbocycles. The van der Waals surface area contributed by atoms with Crippen molar-refractivity contribution >= 4 is 34.1 Å². The highest BCUT2D eigenvalue weighted by atomic mass is 35.5. The number of halogens is 1. The molecule has 1 saturated heterocycles. The monoisotopic (exact) mass is 479 g/mol. The number of anilines is 2. The van der Waals surface area contributed by atoms with Gasteiger partial charge in [-0.05, 0) is 44.2 Å². The predicted molar refractivity (Wildman–Crippen MR) is 130 cm³/mol. The van der Waals surface area contributed by atoms with Crippen LogP contribution in [0.4, 0.5) is 11.4 Å². The molecule has 3 aromatic heterocycles. The zero-order valence-electron chi connectivity index (χ0n) is 19.2. The molecule has 1 N–H and O–H groups in total. The summed E-state index contributed by atoms with van der Waals surface area (Å²) in [5, 5.41) is 8.33. The Morgan fingerprint density at radius 2 is 2.03 bits per heavy atom. The maximum atomic E-state index is 6.52. The number of nitrogens with one attached hydrogen (secondary N) is 1. The maximum Gasteiger partial charge on any atom is 0.184 e. The SMILES string of the molecule is COc1c(Nc2cc(Cl)nc3c2nc(C2CC2)n3C2CCCCO2)cccc1-c1ncn(C)n1. The second kappa shape index (κ2) is 8.56. The number of fused-ring (bicyclic) bond motifs is 1. The Kier molecular flexibility index (Phi) is 5.38. The van der Waals surface area contributed by atoms with Crippen LogP contribution in [0, 0.1) is 0 Å². The summed E-state index contributed by atoms with van der Waals surface area (Å²) in [7, 11) is 3.48. The van der Waals surface area contributed by atoms with Crippen LogP contribution in [0.1, 0.15) is 50.1 Å². The predicted octanol–water partition coefficient (Wildman–Crippen LogP) is 5.21. The molecule has 6 rings (SSSR count). The van der Waals surface area contributed by atoms with E-state index < -0.39 is 0 Å². The molecule has 4 heterocycles. The normalized spacial score (nSPS) is 18.4. The lowest BCUT2D eigenvalue weighted by atomic mass is 10.1. The van der Waals surface area contributed by atoms with Crippen molar-refractivity contribution in [2.75, 3.05) is 19.0 Å². The molecular formula is C24H26ClN7O2. The fraction of sp³-hybridized carbons (Fsp3) is 0.417. The van der Waals surface area contributed by atoms with E-state index in [9.17, 15) is 0 Å². The number of benzene rings is 1. The Labute approximate surface area is 202 Å². The minimum absolute atomic E-state index is 0.0544. The fourth-order valence-electron chi connectivity index (χ4n) is 4.62. The second-order valence-corrected chi connectivity index (χ2v) is 9.24. The third kappa shape index (κ3) is 3.78. The van der Waals surface area contributed by atoms with Gasteiger partial charge in [-0.2, -0.15) is 5.10 Å². The Bertz CT molecular complexity index is 1360. The van der Waals surface area contributed by atoms with E-state index in [1.165, 1.54) is 0 Å². The van der Waals surface area contributed by atoms with Gasteiger partial charge in [-0.15, -0.1) is 0 Å². The van der Waals surface area contributed by atoms with Crippen molar-refractivity contribution < 1.29 is 9.47 Å². The smallest absolute Gasteiger partial charge is 0.184 e. The number of aryl methyl sites for hydroxylation is 1. The molecule has 2 fully saturated rings. The molecule has 1 unspecified atom stereocenters. The Hall–Kier alpha value is -3.17. The van der Waals surface area contributed by atoms with Gasteiger partial charge in [0.1, 0.15) is 29.0 Å². The number of pyridine rings is 1. The minimum Gasteiger partial charge on any atom is -0.494 e. The largest absolute Gasteiger partial charge is 0.494 e. The van der Waals surface area contributed by atoms with E-state index in [-0.39, 0.29) is 6.23 Å². The van der Waals surface area contributed by atoms with Crippen molar-refractivity contribution in [2.24, 2.45) is 7.05 Å². The summed E-state index contributed by atoms with van der Waals surface area (Å²) < 4.78 is 15.8. The molecule has 2 aliphatic rings. The molecule has 0 amide bonds. The number of ether oxygens (including phenoxy) is 2. The van der Waals surface area contributed by atoms with Crippen LogP contribution in [0.5, 0.6) is 5.75 Å². The van der Waals surface area contributed by atoms with Crippen LogP contribution in [-0.2, 0) is 11.8 Å². The van der Waals surface area contributed by atoms with Gasteiger partial charge in [0.2, 0.25) is 0 Å². The van der Waals surface area contributed by atoms with Crippen LogP contribution >= 0.6 is 11.6 Å². The third-order valence-electron chi connectivity index (χ3n) is 6.36. The summed E-state index contributed by atoms with van der Waals surface area (Å²) in [4.78, 5) is 14.1. The number of para-hydroxylation sites is 1.